The predicted octanol–water partition coefficient (Wildman–Crippen LogP) is 4.89. The average molecular weight is 471 g/mol. The second-order valence-corrected chi connectivity index (χ2v) is 9.94. The van der Waals surface area contributed by atoms with Crippen LogP contribution in [-0.2, 0) is 17.9 Å². The van der Waals surface area contributed by atoms with Gasteiger partial charge in [-0.3, -0.25) is 9.59 Å². The SMILES string of the molecule is C[C@@]1(C(=O)NC2CCCCC2)Cn2c(c(-n3cccc3)c3ccccc32)C(=O)N1Cc1ccco1. The lowest BCUT2D eigenvalue weighted by atomic mass is 9.91. The van der Waals surface area contributed by atoms with Crippen LogP contribution in [0.4, 0.5) is 0 Å². The highest BCUT2D eigenvalue weighted by Gasteiger charge is 2.49. The molecule has 1 fully saturated rings. The summed E-state index contributed by atoms with van der Waals surface area (Å²) in [5, 5.41) is 4.28. The second kappa shape index (κ2) is 8.48. The maximum absolute atomic E-state index is 14.3. The molecule has 35 heavy (non-hydrogen) atoms. The van der Waals surface area contributed by atoms with Crippen LogP contribution < -0.4 is 5.32 Å². The number of benzene rings is 1. The first-order chi connectivity index (χ1) is 17.1. The van der Waals surface area contributed by atoms with Crippen LogP contribution in [-0.4, -0.2) is 37.4 Å². The van der Waals surface area contributed by atoms with Crippen molar-refractivity contribution >= 4 is 22.7 Å². The zero-order valence-corrected chi connectivity index (χ0v) is 19.9. The molecule has 2 amide bonds. The number of fused-ring (bicyclic) bond motifs is 3. The highest BCUT2D eigenvalue weighted by molar-refractivity contribution is 6.08. The number of nitrogens with one attached hydrogen (secondary N) is 1. The Hall–Kier alpha value is -3.74. The van der Waals surface area contributed by atoms with E-state index < -0.39 is 5.54 Å². The number of nitrogens with zero attached hydrogens (tertiary/aromatic N) is 3. The molecule has 1 aliphatic heterocycles. The zero-order valence-electron chi connectivity index (χ0n) is 19.9. The van der Waals surface area contributed by atoms with Crippen molar-refractivity contribution in [2.75, 3.05) is 0 Å². The fraction of sp³-hybridized carbons (Fsp3) is 0.357. The molecule has 1 atom stereocenters. The van der Waals surface area contributed by atoms with E-state index in [9.17, 15) is 9.59 Å². The second-order valence-electron chi connectivity index (χ2n) is 9.94. The van der Waals surface area contributed by atoms with Crippen molar-refractivity contribution in [2.45, 2.75) is 63.7 Å². The van der Waals surface area contributed by atoms with Gasteiger partial charge in [0.25, 0.3) is 5.91 Å². The Balaban J connectivity index is 1.49. The van der Waals surface area contributed by atoms with E-state index in [4.69, 9.17) is 4.42 Å². The highest BCUT2D eigenvalue weighted by Crippen LogP contribution is 2.38. The van der Waals surface area contributed by atoms with E-state index in [-0.39, 0.29) is 24.4 Å². The quantitative estimate of drug-likeness (QED) is 0.451. The first-order valence-corrected chi connectivity index (χ1v) is 12.5. The Kier molecular flexibility index (Phi) is 5.28. The van der Waals surface area contributed by atoms with Crippen LogP contribution in [0.2, 0.25) is 0 Å². The Labute approximate surface area is 204 Å². The average Bonchev–Trinajstić information content (AvgIpc) is 3.63. The minimum absolute atomic E-state index is 0.102. The molecule has 180 valence electrons. The van der Waals surface area contributed by atoms with E-state index in [0.717, 1.165) is 42.3 Å². The number of hydrogen-bond acceptors (Lipinski definition) is 3. The third kappa shape index (κ3) is 3.57. The number of carbonyl (C=O) groups excluding carboxylic acids is 2. The van der Waals surface area contributed by atoms with Gasteiger partial charge in [-0.1, -0.05) is 37.5 Å². The van der Waals surface area contributed by atoms with Gasteiger partial charge in [0.15, 0.2) is 0 Å². The molecule has 0 saturated heterocycles. The lowest BCUT2D eigenvalue weighted by molar-refractivity contribution is -0.134. The molecule has 3 aromatic heterocycles. The molecule has 4 heterocycles. The maximum Gasteiger partial charge on any atom is 0.274 e. The van der Waals surface area contributed by atoms with Crippen LogP contribution in [0.1, 0.15) is 55.3 Å². The molecule has 4 aromatic rings. The molecule has 2 aliphatic rings. The van der Waals surface area contributed by atoms with Gasteiger partial charge in [0.05, 0.1) is 30.6 Å². The number of hydrogen-bond donors (Lipinski definition) is 1. The monoisotopic (exact) mass is 470 g/mol. The first-order valence-electron chi connectivity index (χ1n) is 12.5. The third-order valence-corrected chi connectivity index (χ3v) is 7.64. The summed E-state index contributed by atoms with van der Waals surface area (Å²) in [5.41, 5.74) is 1.32. The van der Waals surface area contributed by atoms with E-state index in [0.29, 0.717) is 18.0 Å². The van der Waals surface area contributed by atoms with Crippen LogP contribution >= 0.6 is 0 Å². The first kappa shape index (κ1) is 21.8. The van der Waals surface area contributed by atoms with Crippen molar-refractivity contribution in [3.05, 3.63) is 78.6 Å². The fourth-order valence-corrected chi connectivity index (χ4v) is 5.74. The molecule has 7 heteroatoms. The van der Waals surface area contributed by atoms with Crippen molar-refractivity contribution in [1.82, 2.24) is 19.4 Å². The molecule has 1 aliphatic carbocycles. The Morgan fingerprint density at radius 1 is 1.06 bits per heavy atom. The van der Waals surface area contributed by atoms with Gasteiger partial charge >= 0.3 is 0 Å². The number of carbonyl (C=O) groups is 2. The summed E-state index contributed by atoms with van der Waals surface area (Å²) in [6, 6.07) is 15.8. The van der Waals surface area contributed by atoms with Crippen LogP contribution in [0.15, 0.2) is 71.6 Å². The van der Waals surface area contributed by atoms with E-state index in [2.05, 4.69) is 5.32 Å². The Bertz CT molecular complexity index is 1360. The molecule has 1 aromatic carbocycles. The highest BCUT2D eigenvalue weighted by atomic mass is 16.3. The van der Waals surface area contributed by atoms with Crippen molar-refractivity contribution in [2.24, 2.45) is 0 Å². The lowest BCUT2D eigenvalue weighted by Crippen LogP contribution is -2.64. The van der Waals surface area contributed by atoms with Gasteiger partial charge in [-0.15, -0.1) is 0 Å². The molecule has 0 radical (unpaired) electrons. The molecule has 0 bridgehead atoms. The minimum Gasteiger partial charge on any atom is -0.467 e. The molecule has 7 nitrogen and oxygen atoms in total. The number of para-hydroxylation sites is 1. The number of amides is 2. The van der Waals surface area contributed by atoms with Crippen LogP contribution in [0, 0.1) is 0 Å². The summed E-state index contributed by atoms with van der Waals surface area (Å²) < 4.78 is 9.64. The van der Waals surface area contributed by atoms with Gasteiger partial charge in [-0.2, -0.15) is 0 Å². The molecule has 1 N–H and O–H groups in total. The third-order valence-electron chi connectivity index (χ3n) is 7.64. The predicted molar refractivity (Wildman–Crippen MR) is 133 cm³/mol. The van der Waals surface area contributed by atoms with Gasteiger partial charge in [-0.05, 0) is 50.1 Å². The van der Waals surface area contributed by atoms with E-state index >= 15 is 0 Å². The topological polar surface area (TPSA) is 72.4 Å². The standard InChI is InChI=1S/C28H30N4O3/c1-28(27(34)29-20-10-3-2-4-11-20)19-31-23-14-6-5-13-22(23)24(30-15-7-8-16-30)25(31)26(33)32(28)18-21-12-9-17-35-21/h5-9,12-17,20H,2-4,10-11,18-19H2,1H3,(H,29,34)/t28-/m0/s1. The minimum atomic E-state index is -1.07. The summed E-state index contributed by atoms with van der Waals surface area (Å²) in [4.78, 5) is 29.9. The van der Waals surface area contributed by atoms with Gasteiger partial charge in [0, 0.05) is 23.8 Å². The van der Waals surface area contributed by atoms with Gasteiger partial charge in [-0.25, -0.2) is 0 Å². The fourth-order valence-electron chi connectivity index (χ4n) is 5.74. The smallest absolute Gasteiger partial charge is 0.274 e. The summed E-state index contributed by atoms with van der Waals surface area (Å²) in [6.45, 7) is 2.49. The van der Waals surface area contributed by atoms with Gasteiger partial charge in [0.1, 0.15) is 17.0 Å². The normalized spacial score (nSPS) is 20.8. The molecular weight excluding hydrogens is 440 g/mol. The summed E-state index contributed by atoms with van der Waals surface area (Å²) in [5.74, 6) is 0.381. The lowest BCUT2D eigenvalue weighted by Gasteiger charge is -2.44. The molecule has 6 rings (SSSR count). The van der Waals surface area contributed by atoms with Crippen molar-refractivity contribution in [3.63, 3.8) is 0 Å². The molecule has 1 saturated carbocycles. The maximum atomic E-state index is 14.3. The molecule has 0 unspecified atom stereocenters. The molecule has 0 spiro atoms. The van der Waals surface area contributed by atoms with Crippen LogP contribution in [0.3, 0.4) is 0 Å². The summed E-state index contributed by atoms with van der Waals surface area (Å²) in [6.07, 6.45) is 11.0. The largest absolute Gasteiger partial charge is 0.467 e. The number of rotatable bonds is 5. The van der Waals surface area contributed by atoms with Crippen molar-refractivity contribution in [1.29, 1.82) is 0 Å². The molecular formula is C28H30N4O3. The van der Waals surface area contributed by atoms with Crippen molar-refractivity contribution in [3.8, 4) is 5.69 Å². The zero-order chi connectivity index (χ0) is 24.0. The van der Waals surface area contributed by atoms with Crippen LogP contribution in [0.25, 0.3) is 16.6 Å². The Morgan fingerprint density at radius 3 is 2.57 bits per heavy atom. The summed E-state index contributed by atoms with van der Waals surface area (Å²) >= 11 is 0. The number of aromatic nitrogens is 2. The van der Waals surface area contributed by atoms with Crippen LogP contribution in [0.5, 0.6) is 0 Å². The van der Waals surface area contributed by atoms with Crippen molar-refractivity contribution < 1.29 is 14.0 Å². The van der Waals surface area contributed by atoms with Gasteiger partial charge < -0.3 is 23.8 Å². The van der Waals surface area contributed by atoms with E-state index in [1.54, 1.807) is 11.2 Å². The summed E-state index contributed by atoms with van der Waals surface area (Å²) in [7, 11) is 0. The van der Waals surface area contributed by atoms with E-state index in [1.807, 2.05) is 77.0 Å². The van der Waals surface area contributed by atoms with Gasteiger partial charge in [0.2, 0.25) is 5.91 Å². The van der Waals surface area contributed by atoms with E-state index in [1.165, 1.54) is 6.42 Å². The Morgan fingerprint density at radius 2 is 1.83 bits per heavy atom. The number of furan rings is 1.